The van der Waals surface area contributed by atoms with Gasteiger partial charge in [-0.05, 0) is 42.8 Å². The molecule has 1 aliphatic heterocycles. The molecular weight excluding hydrogens is 440 g/mol. The molecule has 1 fully saturated rings. The first-order valence-corrected chi connectivity index (χ1v) is 11.1. The van der Waals surface area contributed by atoms with Gasteiger partial charge in [0, 0.05) is 43.1 Å². The molecule has 33 heavy (non-hydrogen) atoms. The van der Waals surface area contributed by atoms with Gasteiger partial charge in [-0.15, -0.1) is 0 Å². The molecule has 0 atom stereocenters. The van der Waals surface area contributed by atoms with Crippen molar-refractivity contribution in [2.24, 2.45) is 0 Å². The van der Waals surface area contributed by atoms with Crippen molar-refractivity contribution in [2.45, 2.75) is 13.5 Å². The Morgan fingerprint density at radius 2 is 1.88 bits per heavy atom. The van der Waals surface area contributed by atoms with Crippen LogP contribution in [-0.2, 0) is 11.3 Å². The van der Waals surface area contributed by atoms with Crippen LogP contribution in [0.1, 0.15) is 5.56 Å². The fourth-order valence-electron chi connectivity index (χ4n) is 4.03. The fraction of sp³-hybridized carbons (Fsp3) is 0.261. The van der Waals surface area contributed by atoms with Crippen LogP contribution in [0.15, 0.2) is 55.1 Å². The molecule has 0 bridgehead atoms. The van der Waals surface area contributed by atoms with E-state index in [9.17, 15) is 4.79 Å². The molecule has 4 aromatic rings. The first-order chi connectivity index (χ1) is 16.1. The quantitative estimate of drug-likeness (QED) is 0.487. The minimum Gasteiger partial charge on any atom is -0.353 e. The van der Waals surface area contributed by atoms with Crippen LogP contribution in [0.5, 0.6) is 0 Å². The zero-order valence-electron chi connectivity index (χ0n) is 18.1. The number of benzene rings is 1. The molecule has 1 saturated heterocycles. The number of hydrogen-bond donors (Lipinski definition) is 1. The number of fused-ring (bicyclic) bond motifs is 1. The molecule has 3 aromatic heterocycles. The van der Waals surface area contributed by atoms with Gasteiger partial charge in [0.15, 0.2) is 5.65 Å². The second kappa shape index (κ2) is 9.03. The number of nitrogens with one attached hydrogen (secondary N) is 1. The minimum atomic E-state index is -0.186. The standard InChI is InChI=1S/C23H23ClN8O/c1-16-12-17(24)5-6-19(16)29-21(33)14-32-23-18(13-28-32)22(26-15-27-23)31-10-8-30(9-11-31)20-4-2-3-7-25-20/h2-7,12-13,15H,8-11,14H2,1H3,(H,29,33). The summed E-state index contributed by atoms with van der Waals surface area (Å²) in [5, 5.41) is 8.80. The fourth-order valence-corrected chi connectivity index (χ4v) is 4.26. The molecule has 1 aromatic carbocycles. The van der Waals surface area contributed by atoms with Gasteiger partial charge in [-0.3, -0.25) is 4.79 Å². The van der Waals surface area contributed by atoms with Crippen LogP contribution in [0.4, 0.5) is 17.3 Å². The van der Waals surface area contributed by atoms with Crippen LogP contribution in [0, 0.1) is 6.92 Å². The lowest BCUT2D eigenvalue weighted by Crippen LogP contribution is -2.47. The molecule has 9 nitrogen and oxygen atoms in total. The summed E-state index contributed by atoms with van der Waals surface area (Å²) in [5.41, 5.74) is 2.26. The molecule has 1 N–H and O–H groups in total. The van der Waals surface area contributed by atoms with Crippen LogP contribution in [0.25, 0.3) is 11.0 Å². The van der Waals surface area contributed by atoms with Crippen LogP contribution < -0.4 is 15.1 Å². The van der Waals surface area contributed by atoms with Crippen molar-refractivity contribution in [3.8, 4) is 0 Å². The van der Waals surface area contributed by atoms with Crippen molar-refractivity contribution < 1.29 is 4.79 Å². The van der Waals surface area contributed by atoms with E-state index in [1.54, 1.807) is 23.0 Å². The van der Waals surface area contributed by atoms with E-state index in [-0.39, 0.29) is 12.5 Å². The Morgan fingerprint density at radius 3 is 2.64 bits per heavy atom. The summed E-state index contributed by atoms with van der Waals surface area (Å²) in [5.74, 6) is 1.63. The number of piperazine rings is 1. The van der Waals surface area contributed by atoms with Crippen molar-refractivity contribution in [3.05, 3.63) is 65.7 Å². The van der Waals surface area contributed by atoms with Crippen LogP contribution in [0.2, 0.25) is 5.02 Å². The molecule has 0 aliphatic carbocycles. The van der Waals surface area contributed by atoms with Gasteiger partial charge in [-0.1, -0.05) is 17.7 Å². The van der Waals surface area contributed by atoms with E-state index in [0.29, 0.717) is 10.7 Å². The number of rotatable bonds is 5. The number of anilines is 3. The highest BCUT2D eigenvalue weighted by atomic mass is 35.5. The topological polar surface area (TPSA) is 92.1 Å². The molecule has 1 amide bonds. The number of halogens is 1. The second-order valence-electron chi connectivity index (χ2n) is 7.91. The molecule has 0 unspecified atom stereocenters. The maximum Gasteiger partial charge on any atom is 0.246 e. The van der Waals surface area contributed by atoms with Gasteiger partial charge in [0.05, 0.1) is 11.6 Å². The summed E-state index contributed by atoms with van der Waals surface area (Å²) in [7, 11) is 0. The molecule has 0 spiro atoms. The van der Waals surface area contributed by atoms with Gasteiger partial charge in [0.25, 0.3) is 0 Å². The Morgan fingerprint density at radius 1 is 1.06 bits per heavy atom. The van der Waals surface area contributed by atoms with E-state index < -0.39 is 0 Å². The van der Waals surface area contributed by atoms with Gasteiger partial charge >= 0.3 is 0 Å². The highest BCUT2D eigenvalue weighted by molar-refractivity contribution is 6.30. The lowest BCUT2D eigenvalue weighted by atomic mass is 10.2. The average molecular weight is 463 g/mol. The van der Waals surface area contributed by atoms with E-state index in [4.69, 9.17) is 11.6 Å². The van der Waals surface area contributed by atoms with Crippen molar-refractivity contribution in [1.29, 1.82) is 0 Å². The van der Waals surface area contributed by atoms with Crippen molar-refractivity contribution >= 4 is 45.9 Å². The first kappa shape index (κ1) is 21.1. The van der Waals surface area contributed by atoms with Gasteiger partial charge in [-0.2, -0.15) is 5.10 Å². The molecule has 10 heteroatoms. The van der Waals surface area contributed by atoms with Crippen molar-refractivity contribution in [2.75, 3.05) is 41.3 Å². The predicted molar refractivity (Wildman–Crippen MR) is 129 cm³/mol. The zero-order chi connectivity index (χ0) is 22.8. The Bertz CT molecular complexity index is 1280. The number of hydrogen-bond acceptors (Lipinski definition) is 7. The van der Waals surface area contributed by atoms with E-state index in [2.05, 4.69) is 35.2 Å². The minimum absolute atomic E-state index is 0.0511. The Labute approximate surface area is 196 Å². The van der Waals surface area contributed by atoms with Crippen molar-refractivity contribution in [3.63, 3.8) is 0 Å². The number of aryl methyl sites for hydroxylation is 1. The van der Waals surface area contributed by atoms with Gasteiger partial charge in [-0.25, -0.2) is 19.6 Å². The lowest BCUT2D eigenvalue weighted by molar-refractivity contribution is -0.116. The maximum absolute atomic E-state index is 12.6. The number of amides is 1. The molecule has 0 saturated carbocycles. The second-order valence-corrected chi connectivity index (χ2v) is 8.34. The third kappa shape index (κ3) is 4.45. The summed E-state index contributed by atoms with van der Waals surface area (Å²) >= 11 is 6.00. The summed E-state index contributed by atoms with van der Waals surface area (Å²) in [6.45, 7) is 5.26. The Kier molecular flexibility index (Phi) is 5.78. The average Bonchev–Trinajstić information content (AvgIpc) is 3.24. The third-order valence-corrected chi connectivity index (χ3v) is 5.96. The van der Waals surface area contributed by atoms with E-state index in [1.165, 1.54) is 6.33 Å². The number of carbonyl (C=O) groups is 1. The zero-order valence-corrected chi connectivity index (χ0v) is 18.9. The number of carbonyl (C=O) groups excluding carboxylic acids is 1. The van der Waals surface area contributed by atoms with Crippen LogP contribution in [-0.4, -0.2) is 56.8 Å². The van der Waals surface area contributed by atoms with Gasteiger partial charge < -0.3 is 15.1 Å². The van der Waals surface area contributed by atoms with E-state index >= 15 is 0 Å². The lowest BCUT2D eigenvalue weighted by Gasteiger charge is -2.36. The monoisotopic (exact) mass is 462 g/mol. The van der Waals surface area contributed by atoms with Crippen molar-refractivity contribution in [1.82, 2.24) is 24.7 Å². The van der Waals surface area contributed by atoms with E-state index in [1.807, 2.05) is 37.4 Å². The first-order valence-electron chi connectivity index (χ1n) is 10.7. The van der Waals surface area contributed by atoms with Crippen LogP contribution in [0.3, 0.4) is 0 Å². The highest BCUT2D eigenvalue weighted by Crippen LogP contribution is 2.25. The SMILES string of the molecule is Cc1cc(Cl)ccc1NC(=O)Cn1ncc2c(N3CCN(c4ccccn4)CC3)ncnc21. The van der Waals surface area contributed by atoms with E-state index in [0.717, 1.165) is 54.5 Å². The molecule has 0 radical (unpaired) electrons. The van der Waals surface area contributed by atoms with Crippen LogP contribution >= 0.6 is 11.6 Å². The van der Waals surface area contributed by atoms with Gasteiger partial charge in [0.2, 0.25) is 5.91 Å². The summed E-state index contributed by atoms with van der Waals surface area (Å²) < 4.78 is 1.60. The number of nitrogens with zero attached hydrogens (tertiary/aromatic N) is 7. The molecular formula is C23H23ClN8O. The predicted octanol–water partition coefficient (Wildman–Crippen LogP) is 3.15. The molecule has 1 aliphatic rings. The number of aromatic nitrogens is 5. The smallest absolute Gasteiger partial charge is 0.246 e. The third-order valence-electron chi connectivity index (χ3n) is 5.72. The molecule has 168 valence electrons. The molecule has 5 rings (SSSR count). The molecule has 4 heterocycles. The normalized spacial score (nSPS) is 14.0. The maximum atomic E-state index is 12.6. The summed E-state index contributed by atoms with van der Waals surface area (Å²) in [4.78, 5) is 30.5. The largest absolute Gasteiger partial charge is 0.353 e. The Balaban J connectivity index is 1.30. The Hall–Kier alpha value is -3.72. The summed E-state index contributed by atoms with van der Waals surface area (Å²) in [6, 6.07) is 11.3. The number of pyridine rings is 1. The van der Waals surface area contributed by atoms with Gasteiger partial charge in [0.1, 0.15) is 24.5 Å². The highest BCUT2D eigenvalue weighted by Gasteiger charge is 2.22. The summed E-state index contributed by atoms with van der Waals surface area (Å²) in [6.07, 6.45) is 5.08.